The Kier molecular flexibility index (Phi) is 7.69. The maximum absolute atomic E-state index is 10.5. The second-order valence-corrected chi connectivity index (χ2v) is 8.17. The Hall–Kier alpha value is -0.490. The fraction of sp³-hybridized carbons (Fsp3) is 0.941. The number of carbonyl (C=O) groups is 1. The van der Waals surface area contributed by atoms with Crippen LogP contribution in [0.5, 0.6) is 0 Å². The van der Waals surface area contributed by atoms with Gasteiger partial charge in [-0.2, -0.15) is 0 Å². The van der Waals surface area contributed by atoms with Crippen LogP contribution in [0, 0.1) is 5.41 Å². The van der Waals surface area contributed by atoms with Gasteiger partial charge in [0.15, 0.2) is 0 Å². The molecular weight excluding hydrogens is 282 g/mol. The van der Waals surface area contributed by atoms with Gasteiger partial charge in [-0.1, -0.05) is 6.92 Å². The van der Waals surface area contributed by atoms with E-state index in [9.17, 15) is 4.79 Å². The van der Waals surface area contributed by atoms with Crippen LogP contribution >= 0.6 is 0 Å². The molecule has 0 aliphatic carbocycles. The SMILES string of the molecule is COC(C)(C)CC(C)(COCC=O)C(C)(C)OCC(C)(C)N. The lowest BCUT2D eigenvalue weighted by molar-refractivity contribution is -0.166. The molecule has 0 aliphatic rings. The summed E-state index contributed by atoms with van der Waals surface area (Å²) in [4.78, 5) is 10.5. The quantitative estimate of drug-likeness (QED) is 0.468. The lowest BCUT2D eigenvalue weighted by atomic mass is 9.69. The number of carbonyl (C=O) groups excluding carboxylic acids is 1. The lowest BCUT2D eigenvalue weighted by Crippen LogP contribution is -2.53. The Balaban J connectivity index is 5.21. The minimum absolute atomic E-state index is 0.0848. The molecule has 0 saturated carbocycles. The highest BCUT2D eigenvalue weighted by Gasteiger charge is 2.46. The number of methoxy groups -OCH3 is 1. The Morgan fingerprint density at radius 1 is 1.00 bits per heavy atom. The zero-order valence-electron chi connectivity index (χ0n) is 15.6. The molecule has 0 radical (unpaired) electrons. The number of nitrogens with two attached hydrogens (primary N) is 1. The van der Waals surface area contributed by atoms with E-state index in [-0.39, 0.29) is 17.6 Å². The Morgan fingerprint density at radius 2 is 1.55 bits per heavy atom. The van der Waals surface area contributed by atoms with Crippen molar-refractivity contribution >= 4 is 6.29 Å². The Morgan fingerprint density at radius 3 is 1.95 bits per heavy atom. The van der Waals surface area contributed by atoms with Crippen molar-refractivity contribution in [2.45, 2.75) is 71.6 Å². The van der Waals surface area contributed by atoms with E-state index < -0.39 is 11.1 Å². The van der Waals surface area contributed by atoms with Gasteiger partial charge < -0.3 is 24.7 Å². The smallest absolute Gasteiger partial charge is 0.145 e. The minimum Gasteiger partial charge on any atom is -0.379 e. The van der Waals surface area contributed by atoms with Crippen molar-refractivity contribution in [2.75, 3.05) is 26.9 Å². The second-order valence-electron chi connectivity index (χ2n) is 8.17. The predicted octanol–water partition coefficient (Wildman–Crippen LogP) is 2.56. The third kappa shape index (κ3) is 7.18. The summed E-state index contributed by atoms with van der Waals surface area (Å²) in [6, 6.07) is 0. The fourth-order valence-corrected chi connectivity index (χ4v) is 2.32. The normalized spacial score (nSPS) is 16.4. The summed E-state index contributed by atoms with van der Waals surface area (Å²) >= 11 is 0. The first-order valence-corrected chi connectivity index (χ1v) is 7.78. The van der Waals surface area contributed by atoms with Crippen molar-refractivity contribution in [3.05, 3.63) is 0 Å². The van der Waals surface area contributed by atoms with Gasteiger partial charge in [-0.05, 0) is 48.0 Å². The number of hydrogen-bond acceptors (Lipinski definition) is 5. The highest BCUT2D eigenvalue weighted by molar-refractivity contribution is 5.50. The number of rotatable bonds is 11. The van der Waals surface area contributed by atoms with Crippen LogP contribution in [0.15, 0.2) is 0 Å². The zero-order chi connectivity index (χ0) is 17.7. The van der Waals surface area contributed by atoms with Crippen LogP contribution in [0.1, 0.15) is 54.9 Å². The van der Waals surface area contributed by atoms with Gasteiger partial charge in [-0.3, -0.25) is 0 Å². The number of hydrogen-bond donors (Lipinski definition) is 1. The summed E-state index contributed by atoms with van der Waals surface area (Å²) < 4.78 is 17.2. The van der Waals surface area contributed by atoms with E-state index >= 15 is 0 Å². The summed E-state index contributed by atoms with van der Waals surface area (Å²) in [6.45, 7) is 15.0. The highest BCUT2D eigenvalue weighted by Crippen LogP contribution is 2.42. The summed E-state index contributed by atoms with van der Waals surface area (Å²) in [6.07, 6.45) is 1.49. The molecular formula is C17H35NO4. The molecule has 0 fully saturated rings. The average molecular weight is 317 g/mol. The second kappa shape index (κ2) is 7.86. The fourth-order valence-electron chi connectivity index (χ4n) is 2.32. The summed E-state index contributed by atoms with van der Waals surface area (Å²) in [5, 5.41) is 0. The molecule has 0 saturated heterocycles. The summed E-state index contributed by atoms with van der Waals surface area (Å²) in [5.41, 5.74) is 4.49. The molecule has 0 aliphatic heterocycles. The maximum Gasteiger partial charge on any atom is 0.145 e. The molecule has 0 bridgehead atoms. The lowest BCUT2D eigenvalue weighted by Gasteiger charge is -2.48. The van der Waals surface area contributed by atoms with E-state index in [1.165, 1.54) is 0 Å². The highest BCUT2D eigenvalue weighted by atomic mass is 16.5. The van der Waals surface area contributed by atoms with E-state index in [1.54, 1.807) is 7.11 Å². The van der Waals surface area contributed by atoms with Gasteiger partial charge in [0.25, 0.3) is 0 Å². The van der Waals surface area contributed by atoms with E-state index in [0.717, 1.165) is 12.7 Å². The van der Waals surface area contributed by atoms with E-state index in [2.05, 4.69) is 6.92 Å². The van der Waals surface area contributed by atoms with Crippen LogP contribution in [0.2, 0.25) is 0 Å². The molecule has 0 aromatic rings. The van der Waals surface area contributed by atoms with Gasteiger partial charge in [0.05, 0.1) is 24.4 Å². The third-order valence-electron chi connectivity index (χ3n) is 4.23. The molecule has 0 aromatic heterocycles. The van der Waals surface area contributed by atoms with Crippen molar-refractivity contribution in [1.82, 2.24) is 0 Å². The molecule has 5 heteroatoms. The van der Waals surface area contributed by atoms with Gasteiger partial charge >= 0.3 is 0 Å². The molecule has 1 atom stereocenters. The molecule has 132 valence electrons. The first-order valence-electron chi connectivity index (χ1n) is 7.78. The van der Waals surface area contributed by atoms with Gasteiger partial charge in [-0.15, -0.1) is 0 Å². The first kappa shape index (κ1) is 21.5. The standard InChI is InChI=1S/C17H35NO4/c1-14(2,18)12-22-16(5,6)17(7,13-21-10-9-19)11-15(3,4)20-8/h9H,10-13,18H2,1-8H3. The van der Waals surface area contributed by atoms with Gasteiger partial charge in [-0.25, -0.2) is 0 Å². The van der Waals surface area contributed by atoms with Crippen LogP contribution in [0.4, 0.5) is 0 Å². The molecule has 1 unspecified atom stereocenters. The Labute approximate surface area is 135 Å². The van der Waals surface area contributed by atoms with Gasteiger partial charge in [0.2, 0.25) is 0 Å². The van der Waals surface area contributed by atoms with Crippen LogP contribution in [0.3, 0.4) is 0 Å². The van der Waals surface area contributed by atoms with Crippen molar-refractivity contribution < 1.29 is 19.0 Å². The topological polar surface area (TPSA) is 70.8 Å². The largest absolute Gasteiger partial charge is 0.379 e. The first-order chi connectivity index (χ1) is 9.79. The zero-order valence-corrected chi connectivity index (χ0v) is 15.6. The van der Waals surface area contributed by atoms with Crippen molar-refractivity contribution in [3.8, 4) is 0 Å². The molecule has 0 heterocycles. The van der Waals surface area contributed by atoms with Gasteiger partial charge in [0.1, 0.15) is 12.9 Å². The predicted molar refractivity (Wildman–Crippen MR) is 89.0 cm³/mol. The minimum atomic E-state index is -0.484. The average Bonchev–Trinajstić information content (AvgIpc) is 2.35. The van der Waals surface area contributed by atoms with E-state index in [0.29, 0.717) is 13.2 Å². The number of ether oxygens (including phenoxy) is 3. The van der Waals surface area contributed by atoms with E-state index in [4.69, 9.17) is 19.9 Å². The van der Waals surface area contributed by atoms with Crippen molar-refractivity contribution in [2.24, 2.45) is 11.1 Å². The van der Waals surface area contributed by atoms with Crippen molar-refractivity contribution in [3.63, 3.8) is 0 Å². The third-order valence-corrected chi connectivity index (χ3v) is 4.23. The Bertz CT molecular complexity index is 347. The molecule has 0 amide bonds. The molecule has 0 spiro atoms. The molecule has 0 aromatic carbocycles. The van der Waals surface area contributed by atoms with Crippen LogP contribution in [-0.4, -0.2) is 50.0 Å². The summed E-state index contributed by atoms with van der Waals surface area (Å²) in [7, 11) is 1.70. The molecule has 5 nitrogen and oxygen atoms in total. The van der Waals surface area contributed by atoms with Crippen molar-refractivity contribution in [1.29, 1.82) is 0 Å². The maximum atomic E-state index is 10.5. The summed E-state index contributed by atoms with van der Waals surface area (Å²) in [5.74, 6) is 0. The van der Waals surface area contributed by atoms with Crippen LogP contribution in [0.25, 0.3) is 0 Å². The van der Waals surface area contributed by atoms with E-state index in [1.807, 2.05) is 41.5 Å². The van der Waals surface area contributed by atoms with Gasteiger partial charge in [0, 0.05) is 18.1 Å². The van der Waals surface area contributed by atoms with Crippen LogP contribution in [-0.2, 0) is 19.0 Å². The molecule has 22 heavy (non-hydrogen) atoms. The number of aldehydes is 1. The monoisotopic (exact) mass is 317 g/mol. The molecule has 0 rings (SSSR count). The molecule has 2 N–H and O–H groups in total. The van der Waals surface area contributed by atoms with Crippen LogP contribution < -0.4 is 5.73 Å².